The van der Waals surface area contributed by atoms with Crippen LogP contribution in [0.4, 0.5) is 0 Å². The number of morpholine rings is 1. The number of benzene rings is 1. The third kappa shape index (κ3) is 3.31. The molecular formula is C16H24N2O3. The smallest absolute Gasteiger partial charge is 0.161 e. The zero-order chi connectivity index (χ0) is 14.7. The first-order valence-electron chi connectivity index (χ1n) is 7.71. The molecule has 0 radical (unpaired) electrons. The summed E-state index contributed by atoms with van der Waals surface area (Å²) in [6.45, 7) is 6.99. The number of nitrogens with one attached hydrogen (secondary N) is 1. The van der Waals surface area contributed by atoms with Crippen molar-refractivity contribution in [1.29, 1.82) is 0 Å². The highest BCUT2D eigenvalue weighted by atomic mass is 16.6. The molecule has 1 saturated heterocycles. The standard InChI is InChI=1S/C16H24N2O3/c1-3-17-16(15-11-18(2)6-7-19-15)12-4-5-13-14(10-12)21-9-8-20-13/h4-5,10,15-17H,3,6-9,11H2,1-2H3. The van der Waals surface area contributed by atoms with Crippen molar-refractivity contribution in [3.8, 4) is 11.5 Å². The molecule has 1 fully saturated rings. The Hall–Kier alpha value is -1.30. The molecule has 0 aliphatic carbocycles. The summed E-state index contributed by atoms with van der Waals surface area (Å²) in [5, 5.41) is 3.55. The zero-order valence-corrected chi connectivity index (χ0v) is 12.8. The van der Waals surface area contributed by atoms with Gasteiger partial charge in [0.15, 0.2) is 11.5 Å². The predicted octanol–water partition coefficient (Wildman–Crippen LogP) is 1.44. The average Bonchev–Trinajstić information content (AvgIpc) is 2.52. The fourth-order valence-corrected chi connectivity index (χ4v) is 2.95. The van der Waals surface area contributed by atoms with E-state index < -0.39 is 0 Å². The average molecular weight is 292 g/mol. The van der Waals surface area contributed by atoms with E-state index in [0.717, 1.165) is 37.7 Å². The number of hydrogen-bond acceptors (Lipinski definition) is 5. The molecule has 5 heteroatoms. The molecule has 1 aromatic rings. The predicted molar refractivity (Wildman–Crippen MR) is 81.1 cm³/mol. The second-order valence-corrected chi connectivity index (χ2v) is 5.61. The SMILES string of the molecule is CCNC(c1ccc2c(c1)OCCO2)C1CN(C)CCO1. The van der Waals surface area contributed by atoms with Crippen molar-refractivity contribution in [3.05, 3.63) is 23.8 Å². The molecule has 3 rings (SSSR count). The second-order valence-electron chi connectivity index (χ2n) is 5.61. The lowest BCUT2D eigenvalue weighted by atomic mass is 9.99. The number of nitrogens with zero attached hydrogens (tertiary/aromatic N) is 1. The quantitative estimate of drug-likeness (QED) is 0.909. The highest BCUT2D eigenvalue weighted by molar-refractivity contribution is 5.45. The van der Waals surface area contributed by atoms with Gasteiger partial charge in [0, 0.05) is 13.1 Å². The Morgan fingerprint density at radius 1 is 1.24 bits per heavy atom. The van der Waals surface area contributed by atoms with E-state index >= 15 is 0 Å². The lowest BCUT2D eigenvalue weighted by Crippen LogP contribution is -2.46. The number of hydrogen-bond donors (Lipinski definition) is 1. The molecule has 2 heterocycles. The van der Waals surface area contributed by atoms with E-state index in [1.165, 1.54) is 5.56 Å². The highest BCUT2D eigenvalue weighted by Crippen LogP contribution is 2.34. The molecule has 2 unspecified atom stereocenters. The lowest BCUT2D eigenvalue weighted by Gasteiger charge is -2.36. The van der Waals surface area contributed by atoms with Gasteiger partial charge < -0.3 is 24.4 Å². The van der Waals surface area contributed by atoms with Gasteiger partial charge in [-0.1, -0.05) is 13.0 Å². The van der Waals surface area contributed by atoms with E-state index in [4.69, 9.17) is 14.2 Å². The van der Waals surface area contributed by atoms with E-state index in [2.05, 4.69) is 36.3 Å². The Morgan fingerprint density at radius 2 is 2.05 bits per heavy atom. The first kappa shape index (κ1) is 14.6. The molecule has 1 aromatic carbocycles. The normalized spacial score (nSPS) is 23.8. The Morgan fingerprint density at radius 3 is 2.81 bits per heavy atom. The molecule has 0 bridgehead atoms. The maximum atomic E-state index is 5.99. The van der Waals surface area contributed by atoms with Gasteiger partial charge in [-0.2, -0.15) is 0 Å². The number of rotatable bonds is 4. The van der Waals surface area contributed by atoms with Gasteiger partial charge >= 0.3 is 0 Å². The van der Waals surface area contributed by atoms with Crippen LogP contribution >= 0.6 is 0 Å². The van der Waals surface area contributed by atoms with Crippen LogP contribution in [0.3, 0.4) is 0 Å². The number of likely N-dealkylation sites (N-methyl/N-ethyl adjacent to an activating group) is 2. The minimum absolute atomic E-state index is 0.159. The maximum absolute atomic E-state index is 5.99. The first-order chi connectivity index (χ1) is 10.3. The number of fused-ring (bicyclic) bond motifs is 1. The van der Waals surface area contributed by atoms with Crippen LogP contribution in [0.25, 0.3) is 0 Å². The first-order valence-corrected chi connectivity index (χ1v) is 7.71. The molecule has 0 aromatic heterocycles. The van der Waals surface area contributed by atoms with Crippen LogP contribution in [0.5, 0.6) is 11.5 Å². The maximum Gasteiger partial charge on any atom is 0.161 e. The molecule has 0 spiro atoms. The van der Waals surface area contributed by atoms with Crippen molar-refractivity contribution < 1.29 is 14.2 Å². The lowest BCUT2D eigenvalue weighted by molar-refractivity contribution is -0.0390. The minimum atomic E-state index is 0.159. The van der Waals surface area contributed by atoms with Gasteiger partial charge in [-0.15, -0.1) is 0 Å². The van der Waals surface area contributed by atoms with Gasteiger partial charge in [-0.05, 0) is 31.3 Å². The van der Waals surface area contributed by atoms with Crippen molar-refractivity contribution in [3.63, 3.8) is 0 Å². The van der Waals surface area contributed by atoms with E-state index in [9.17, 15) is 0 Å². The molecule has 0 saturated carbocycles. The molecule has 5 nitrogen and oxygen atoms in total. The van der Waals surface area contributed by atoms with Gasteiger partial charge in [0.1, 0.15) is 13.2 Å². The molecule has 2 atom stereocenters. The Balaban J connectivity index is 1.82. The summed E-state index contributed by atoms with van der Waals surface area (Å²) in [7, 11) is 2.14. The molecule has 1 N–H and O–H groups in total. The number of ether oxygens (including phenoxy) is 3. The zero-order valence-electron chi connectivity index (χ0n) is 12.8. The monoisotopic (exact) mass is 292 g/mol. The molecule has 2 aliphatic rings. The second kappa shape index (κ2) is 6.64. The van der Waals surface area contributed by atoms with Crippen LogP contribution < -0.4 is 14.8 Å². The van der Waals surface area contributed by atoms with Crippen LogP contribution in [0.1, 0.15) is 18.5 Å². The minimum Gasteiger partial charge on any atom is -0.486 e. The van der Waals surface area contributed by atoms with Crippen molar-refractivity contribution in [2.75, 3.05) is 46.5 Å². The van der Waals surface area contributed by atoms with Crippen LogP contribution in [0.2, 0.25) is 0 Å². The van der Waals surface area contributed by atoms with Crippen molar-refractivity contribution in [2.24, 2.45) is 0 Å². The van der Waals surface area contributed by atoms with E-state index in [0.29, 0.717) is 13.2 Å². The van der Waals surface area contributed by atoms with Crippen molar-refractivity contribution in [2.45, 2.75) is 19.1 Å². The molecule has 116 valence electrons. The van der Waals surface area contributed by atoms with Gasteiger partial charge in [-0.25, -0.2) is 0 Å². The molecular weight excluding hydrogens is 268 g/mol. The Kier molecular flexibility index (Phi) is 4.63. The largest absolute Gasteiger partial charge is 0.486 e. The topological polar surface area (TPSA) is 43.0 Å². The van der Waals surface area contributed by atoms with Gasteiger partial charge in [-0.3, -0.25) is 0 Å². The van der Waals surface area contributed by atoms with Gasteiger partial charge in [0.25, 0.3) is 0 Å². The molecule has 21 heavy (non-hydrogen) atoms. The summed E-state index contributed by atoms with van der Waals surface area (Å²) in [5.41, 5.74) is 1.20. The van der Waals surface area contributed by atoms with E-state index in [1.807, 2.05) is 6.07 Å². The van der Waals surface area contributed by atoms with Crippen molar-refractivity contribution >= 4 is 0 Å². The molecule has 0 amide bonds. The highest BCUT2D eigenvalue weighted by Gasteiger charge is 2.28. The summed E-state index contributed by atoms with van der Waals surface area (Å²) < 4.78 is 17.3. The summed E-state index contributed by atoms with van der Waals surface area (Å²) in [5.74, 6) is 1.67. The van der Waals surface area contributed by atoms with Gasteiger partial charge in [0.2, 0.25) is 0 Å². The third-order valence-electron chi connectivity index (χ3n) is 4.02. The third-order valence-corrected chi connectivity index (χ3v) is 4.02. The van der Waals surface area contributed by atoms with E-state index in [-0.39, 0.29) is 12.1 Å². The summed E-state index contributed by atoms with van der Waals surface area (Å²) in [6, 6.07) is 6.37. The summed E-state index contributed by atoms with van der Waals surface area (Å²) in [6.07, 6.45) is 0.159. The van der Waals surface area contributed by atoms with Crippen LogP contribution in [-0.4, -0.2) is 57.5 Å². The Bertz CT molecular complexity index is 481. The van der Waals surface area contributed by atoms with Crippen LogP contribution in [0, 0.1) is 0 Å². The van der Waals surface area contributed by atoms with Crippen molar-refractivity contribution in [1.82, 2.24) is 10.2 Å². The van der Waals surface area contributed by atoms with Gasteiger partial charge in [0.05, 0.1) is 18.8 Å². The molecule has 2 aliphatic heterocycles. The van der Waals surface area contributed by atoms with Crippen LogP contribution in [0.15, 0.2) is 18.2 Å². The Labute approximate surface area is 126 Å². The van der Waals surface area contributed by atoms with E-state index in [1.54, 1.807) is 0 Å². The summed E-state index contributed by atoms with van der Waals surface area (Å²) >= 11 is 0. The fraction of sp³-hybridized carbons (Fsp3) is 0.625. The fourth-order valence-electron chi connectivity index (χ4n) is 2.95. The summed E-state index contributed by atoms with van der Waals surface area (Å²) in [4.78, 5) is 2.32. The van der Waals surface area contributed by atoms with Crippen LogP contribution in [-0.2, 0) is 4.74 Å².